The van der Waals surface area contributed by atoms with Crippen LogP contribution < -0.4 is 5.32 Å². The lowest BCUT2D eigenvalue weighted by Gasteiger charge is -2.07. The molecular formula is C15H10BrFN2O. The van der Waals surface area contributed by atoms with E-state index in [-0.39, 0.29) is 11.7 Å². The number of hydrogen-bond acceptors (Lipinski definition) is 1. The van der Waals surface area contributed by atoms with Crippen LogP contribution >= 0.6 is 15.9 Å². The molecule has 3 rings (SSSR count). The Bertz CT molecular complexity index is 797. The molecule has 0 radical (unpaired) electrons. The van der Waals surface area contributed by atoms with E-state index in [1.54, 1.807) is 0 Å². The highest BCUT2D eigenvalue weighted by Crippen LogP contribution is 2.21. The third-order valence-electron chi connectivity index (χ3n) is 2.99. The average molecular weight is 333 g/mol. The summed E-state index contributed by atoms with van der Waals surface area (Å²) in [6, 6.07) is 11.5. The van der Waals surface area contributed by atoms with Crippen LogP contribution in [0.15, 0.2) is 53.1 Å². The summed E-state index contributed by atoms with van der Waals surface area (Å²) in [7, 11) is 0. The Morgan fingerprint density at radius 3 is 2.80 bits per heavy atom. The Balaban J connectivity index is 1.87. The Morgan fingerprint density at radius 1 is 1.15 bits per heavy atom. The molecule has 1 amide bonds. The van der Waals surface area contributed by atoms with Crippen LogP contribution in [0.3, 0.4) is 0 Å². The molecule has 3 nitrogen and oxygen atoms in total. The smallest absolute Gasteiger partial charge is 0.256 e. The highest BCUT2D eigenvalue weighted by Gasteiger charge is 2.11. The van der Waals surface area contributed by atoms with E-state index in [4.69, 9.17) is 0 Å². The van der Waals surface area contributed by atoms with E-state index in [1.807, 2.05) is 30.5 Å². The second-order valence-corrected chi connectivity index (χ2v) is 5.21. The lowest BCUT2D eigenvalue weighted by atomic mass is 10.2. The van der Waals surface area contributed by atoms with Crippen molar-refractivity contribution in [3.63, 3.8) is 0 Å². The first-order valence-corrected chi connectivity index (χ1v) is 6.76. The van der Waals surface area contributed by atoms with Gasteiger partial charge in [0.15, 0.2) is 0 Å². The zero-order valence-electron chi connectivity index (χ0n) is 10.3. The fourth-order valence-electron chi connectivity index (χ4n) is 2.00. The zero-order valence-corrected chi connectivity index (χ0v) is 11.9. The van der Waals surface area contributed by atoms with E-state index in [1.165, 1.54) is 18.2 Å². The minimum Gasteiger partial charge on any atom is -0.361 e. The van der Waals surface area contributed by atoms with E-state index in [2.05, 4.69) is 26.2 Å². The number of fused-ring (bicyclic) bond motifs is 1. The van der Waals surface area contributed by atoms with Gasteiger partial charge < -0.3 is 10.3 Å². The van der Waals surface area contributed by atoms with Crippen molar-refractivity contribution in [3.8, 4) is 0 Å². The molecule has 20 heavy (non-hydrogen) atoms. The van der Waals surface area contributed by atoms with E-state index < -0.39 is 0 Å². The molecule has 0 spiro atoms. The minimum absolute atomic E-state index is 0.285. The Hall–Kier alpha value is -2.14. The lowest BCUT2D eigenvalue weighted by molar-refractivity contribution is 0.102. The molecule has 2 N–H and O–H groups in total. The molecule has 0 aliphatic heterocycles. The number of nitrogens with one attached hydrogen (secondary N) is 2. The number of anilines is 1. The number of halogens is 2. The van der Waals surface area contributed by atoms with E-state index in [9.17, 15) is 9.18 Å². The lowest BCUT2D eigenvalue weighted by Crippen LogP contribution is -2.12. The predicted octanol–water partition coefficient (Wildman–Crippen LogP) is 4.32. The molecule has 5 heteroatoms. The normalized spacial score (nSPS) is 10.7. The number of hydrogen-bond donors (Lipinski definition) is 2. The van der Waals surface area contributed by atoms with Crippen molar-refractivity contribution in [1.82, 2.24) is 4.98 Å². The van der Waals surface area contributed by atoms with Gasteiger partial charge in [-0.05, 0) is 58.4 Å². The molecule has 0 aliphatic rings. The van der Waals surface area contributed by atoms with Gasteiger partial charge in [0.1, 0.15) is 5.82 Å². The zero-order chi connectivity index (χ0) is 14.1. The number of benzene rings is 2. The van der Waals surface area contributed by atoms with Gasteiger partial charge in [0.05, 0.1) is 5.56 Å². The molecule has 1 aromatic heterocycles. The van der Waals surface area contributed by atoms with Crippen LogP contribution in [-0.2, 0) is 0 Å². The quantitative estimate of drug-likeness (QED) is 0.721. The summed E-state index contributed by atoms with van der Waals surface area (Å²) >= 11 is 3.19. The second-order valence-electron chi connectivity index (χ2n) is 4.36. The molecule has 0 bridgehead atoms. The van der Waals surface area contributed by atoms with Gasteiger partial charge in [-0.3, -0.25) is 4.79 Å². The summed E-state index contributed by atoms with van der Waals surface area (Å²) in [6.45, 7) is 0. The monoisotopic (exact) mass is 332 g/mol. The van der Waals surface area contributed by atoms with Crippen LogP contribution in [0, 0.1) is 5.82 Å². The summed E-state index contributed by atoms with van der Waals surface area (Å²) < 4.78 is 13.4. The number of carbonyl (C=O) groups excluding carboxylic acids is 1. The molecule has 100 valence electrons. The second kappa shape index (κ2) is 5.09. The van der Waals surface area contributed by atoms with Gasteiger partial charge in [-0.15, -0.1) is 0 Å². The highest BCUT2D eigenvalue weighted by atomic mass is 79.9. The molecule has 0 unspecified atom stereocenters. The van der Waals surface area contributed by atoms with Gasteiger partial charge in [-0.1, -0.05) is 0 Å². The van der Waals surface area contributed by atoms with E-state index >= 15 is 0 Å². The third kappa shape index (κ3) is 2.44. The van der Waals surface area contributed by atoms with Crippen molar-refractivity contribution in [1.29, 1.82) is 0 Å². The van der Waals surface area contributed by atoms with Crippen LogP contribution in [0.1, 0.15) is 10.4 Å². The topological polar surface area (TPSA) is 44.9 Å². The number of aromatic nitrogens is 1. The molecular weight excluding hydrogens is 323 g/mol. The number of carbonyl (C=O) groups is 1. The summed E-state index contributed by atoms with van der Waals surface area (Å²) in [5, 5.41) is 3.81. The Kier molecular flexibility index (Phi) is 3.28. The van der Waals surface area contributed by atoms with Crippen LogP contribution in [0.2, 0.25) is 0 Å². The van der Waals surface area contributed by atoms with Crippen LogP contribution in [0.25, 0.3) is 10.9 Å². The SMILES string of the molecule is O=C(Nc1ccc2[nH]ccc2c1)c1ccc(F)cc1Br. The molecule has 0 saturated heterocycles. The number of amides is 1. The van der Waals surface area contributed by atoms with Crippen LogP contribution in [0.5, 0.6) is 0 Å². The molecule has 0 aliphatic carbocycles. The van der Waals surface area contributed by atoms with Gasteiger partial charge in [0.2, 0.25) is 0 Å². The number of rotatable bonds is 2. The van der Waals surface area contributed by atoms with Gasteiger partial charge in [0, 0.05) is 27.3 Å². The highest BCUT2D eigenvalue weighted by molar-refractivity contribution is 9.10. The van der Waals surface area contributed by atoms with Gasteiger partial charge in [-0.2, -0.15) is 0 Å². The maximum atomic E-state index is 13.0. The van der Waals surface area contributed by atoms with E-state index in [0.717, 1.165) is 10.9 Å². The molecule has 1 heterocycles. The summed E-state index contributed by atoms with van der Waals surface area (Å²) in [4.78, 5) is 15.2. The fraction of sp³-hybridized carbons (Fsp3) is 0. The first-order valence-electron chi connectivity index (χ1n) is 5.97. The summed E-state index contributed by atoms with van der Waals surface area (Å²) in [5.74, 6) is -0.672. The summed E-state index contributed by atoms with van der Waals surface area (Å²) in [5.41, 5.74) is 2.09. The first-order chi connectivity index (χ1) is 9.63. The van der Waals surface area contributed by atoms with Gasteiger partial charge in [0.25, 0.3) is 5.91 Å². The van der Waals surface area contributed by atoms with E-state index in [0.29, 0.717) is 15.7 Å². The van der Waals surface area contributed by atoms with Gasteiger partial charge >= 0.3 is 0 Å². The Morgan fingerprint density at radius 2 is 2.00 bits per heavy atom. The van der Waals surface area contributed by atoms with Crippen molar-refractivity contribution in [2.75, 3.05) is 5.32 Å². The minimum atomic E-state index is -0.387. The number of aromatic amines is 1. The average Bonchev–Trinajstić information content (AvgIpc) is 2.85. The summed E-state index contributed by atoms with van der Waals surface area (Å²) in [6.07, 6.45) is 1.84. The van der Waals surface area contributed by atoms with Crippen molar-refractivity contribution < 1.29 is 9.18 Å². The fourth-order valence-corrected chi connectivity index (χ4v) is 2.53. The molecule has 3 aromatic rings. The molecule has 2 aromatic carbocycles. The van der Waals surface area contributed by atoms with Gasteiger partial charge in [-0.25, -0.2) is 4.39 Å². The Labute approximate surface area is 122 Å². The number of H-pyrrole nitrogens is 1. The van der Waals surface area contributed by atoms with Crippen molar-refractivity contribution in [2.24, 2.45) is 0 Å². The third-order valence-corrected chi connectivity index (χ3v) is 3.64. The van der Waals surface area contributed by atoms with Crippen LogP contribution in [0.4, 0.5) is 10.1 Å². The maximum absolute atomic E-state index is 13.0. The largest absolute Gasteiger partial charge is 0.361 e. The molecule has 0 saturated carbocycles. The predicted molar refractivity (Wildman–Crippen MR) is 80.4 cm³/mol. The molecule has 0 fully saturated rings. The molecule has 0 atom stereocenters. The first kappa shape index (κ1) is 12.9. The van der Waals surface area contributed by atoms with Crippen LogP contribution in [-0.4, -0.2) is 10.9 Å². The standard InChI is InChI=1S/C15H10BrFN2O/c16-13-8-10(17)1-3-12(13)15(20)19-11-2-4-14-9(7-11)5-6-18-14/h1-8,18H,(H,19,20). The van der Waals surface area contributed by atoms with Crippen molar-refractivity contribution >= 4 is 38.4 Å². The van der Waals surface area contributed by atoms with Crippen molar-refractivity contribution in [3.05, 3.63) is 64.5 Å². The van der Waals surface area contributed by atoms with Crippen molar-refractivity contribution in [2.45, 2.75) is 0 Å². The maximum Gasteiger partial charge on any atom is 0.256 e.